The lowest BCUT2D eigenvalue weighted by molar-refractivity contribution is 0.455. The lowest BCUT2D eigenvalue weighted by Gasteiger charge is -2.30. The van der Waals surface area contributed by atoms with Gasteiger partial charge in [-0.1, -0.05) is 18.2 Å². The molecule has 0 fully saturated rings. The molecule has 1 aromatic heterocycles. The van der Waals surface area contributed by atoms with Crippen LogP contribution in [0, 0.1) is 34.0 Å². The Morgan fingerprint density at radius 3 is 2.76 bits per heavy atom. The van der Waals surface area contributed by atoms with Crippen LogP contribution in [0.2, 0.25) is 0 Å². The van der Waals surface area contributed by atoms with Gasteiger partial charge in [0.25, 0.3) is 0 Å². The second-order valence-corrected chi connectivity index (χ2v) is 6.13. The molecular formula is C20H14N4O. The van der Waals surface area contributed by atoms with Crippen molar-refractivity contribution in [3.63, 3.8) is 0 Å². The van der Waals surface area contributed by atoms with Crippen LogP contribution in [0.3, 0.4) is 0 Å². The maximum Gasteiger partial charge on any atom is 0.205 e. The van der Waals surface area contributed by atoms with E-state index in [0.717, 1.165) is 22.0 Å². The summed E-state index contributed by atoms with van der Waals surface area (Å²) in [5.41, 5.74) is 3.26. The summed E-state index contributed by atoms with van der Waals surface area (Å²) in [6.45, 7) is 0. The maximum atomic E-state index is 9.62. The van der Waals surface area contributed by atoms with Crippen LogP contribution < -0.4 is 4.74 Å². The van der Waals surface area contributed by atoms with Gasteiger partial charge in [-0.25, -0.2) is 0 Å². The van der Waals surface area contributed by atoms with Gasteiger partial charge in [-0.05, 0) is 29.8 Å². The number of fused-ring (bicyclic) bond motifs is 3. The molecule has 1 aliphatic heterocycles. The highest BCUT2D eigenvalue weighted by molar-refractivity contribution is 5.95. The fraction of sp³-hybridized carbons (Fsp3) is 0.150. The Balaban J connectivity index is 1.99. The minimum absolute atomic E-state index is 0.0567. The normalized spacial score (nSPS) is 18.9. The van der Waals surface area contributed by atoms with Crippen molar-refractivity contribution >= 4 is 16.8 Å². The SMILES string of the molecule is Cn1ccc2c3c(ccc21)C(c1cccc(C#N)c1)C(C#N)C(=N)O3. The standard InChI is InChI=1S/C20H14N4O/c1-24-8-7-14-17(24)6-5-15-18(13-4-2-3-12(9-13)10-21)16(11-22)20(23)25-19(14)15/h2-9,16,18,23H,1H3. The molecule has 0 saturated heterocycles. The van der Waals surface area contributed by atoms with Gasteiger partial charge >= 0.3 is 0 Å². The number of hydrogen-bond acceptors (Lipinski definition) is 4. The molecule has 0 spiro atoms. The average Bonchev–Trinajstić information content (AvgIpc) is 3.02. The van der Waals surface area contributed by atoms with Crippen LogP contribution in [0.25, 0.3) is 10.9 Å². The monoisotopic (exact) mass is 326 g/mol. The van der Waals surface area contributed by atoms with Crippen LogP contribution in [0.4, 0.5) is 0 Å². The van der Waals surface area contributed by atoms with E-state index in [4.69, 9.17) is 10.1 Å². The molecule has 1 aliphatic rings. The third-order valence-corrected chi connectivity index (χ3v) is 4.73. The van der Waals surface area contributed by atoms with E-state index in [0.29, 0.717) is 11.3 Å². The molecule has 4 rings (SSSR count). The summed E-state index contributed by atoms with van der Waals surface area (Å²) in [4.78, 5) is 0. The van der Waals surface area contributed by atoms with Gasteiger partial charge in [0.15, 0.2) is 0 Å². The number of ether oxygens (including phenoxy) is 1. The minimum Gasteiger partial charge on any atom is -0.441 e. The first-order chi connectivity index (χ1) is 12.1. The number of aryl methyl sites for hydroxylation is 1. The van der Waals surface area contributed by atoms with Crippen molar-refractivity contribution in [2.75, 3.05) is 0 Å². The van der Waals surface area contributed by atoms with Crippen molar-refractivity contribution in [1.82, 2.24) is 4.57 Å². The molecular weight excluding hydrogens is 312 g/mol. The zero-order valence-electron chi connectivity index (χ0n) is 13.5. The molecule has 0 saturated carbocycles. The largest absolute Gasteiger partial charge is 0.441 e. The minimum atomic E-state index is -0.720. The number of aromatic nitrogens is 1. The Labute approximate surface area is 144 Å². The van der Waals surface area contributed by atoms with E-state index in [9.17, 15) is 10.5 Å². The smallest absolute Gasteiger partial charge is 0.205 e. The van der Waals surface area contributed by atoms with E-state index in [-0.39, 0.29) is 11.8 Å². The molecule has 0 radical (unpaired) electrons. The average molecular weight is 326 g/mol. The highest BCUT2D eigenvalue weighted by Crippen LogP contribution is 2.45. The second kappa shape index (κ2) is 5.51. The quantitative estimate of drug-likeness (QED) is 0.740. The third-order valence-electron chi connectivity index (χ3n) is 4.73. The lowest BCUT2D eigenvalue weighted by Crippen LogP contribution is -2.31. The van der Waals surface area contributed by atoms with Crippen LogP contribution in [0.5, 0.6) is 5.75 Å². The molecule has 3 aromatic rings. The Morgan fingerprint density at radius 2 is 2.00 bits per heavy atom. The van der Waals surface area contributed by atoms with Gasteiger partial charge in [0.2, 0.25) is 5.90 Å². The highest BCUT2D eigenvalue weighted by atomic mass is 16.5. The molecule has 0 amide bonds. The lowest BCUT2D eigenvalue weighted by atomic mass is 9.78. The topological polar surface area (TPSA) is 85.6 Å². The molecule has 5 nitrogen and oxygen atoms in total. The van der Waals surface area contributed by atoms with Crippen LogP contribution in [-0.2, 0) is 7.05 Å². The fourth-order valence-electron chi connectivity index (χ4n) is 3.51. The van der Waals surface area contributed by atoms with Crippen LogP contribution in [-0.4, -0.2) is 10.5 Å². The van der Waals surface area contributed by atoms with Gasteiger partial charge in [-0.15, -0.1) is 0 Å². The first-order valence-electron chi connectivity index (χ1n) is 7.88. The number of nitrogens with one attached hydrogen (secondary N) is 1. The molecule has 120 valence electrons. The van der Waals surface area contributed by atoms with Crippen molar-refractivity contribution in [1.29, 1.82) is 15.9 Å². The second-order valence-electron chi connectivity index (χ2n) is 6.13. The van der Waals surface area contributed by atoms with E-state index in [2.05, 4.69) is 12.1 Å². The van der Waals surface area contributed by atoms with Crippen LogP contribution in [0.15, 0.2) is 48.7 Å². The molecule has 25 heavy (non-hydrogen) atoms. The first kappa shape index (κ1) is 15.0. The van der Waals surface area contributed by atoms with E-state index in [1.807, 2.05) is 48.1 Å². The molecule has 0 bridgehead atoms. The van der Waals surface area contributed by atoms with Crippen LogP contribution >= 0.6 is 0 Å². The number of benzene rings is 2. The van der Waals surface area contributed by atoms with Gasteiger partial charge in [0.05, 0.1) is 23.2 Å². The maximum absolute atomic E-state index is 9.62. The van der Waals surface area contributed by atoms with E-state index in [1.54, 1.807) is 12.1 Å². The Bertz CT molecular complexity index is 1100. The predicted octanol–water partition coefficient (Wildman–Crippen LogP) is 3.69. The van der Waals surface area contributed by atoms with Crippen molar-refractivity contribution in [2.45, 2.75) is 5.92 Å². The third kappa shape index (κ3) is 2.18. The molecule has 2 aromatic carbocycles. The van der Waals surface area contributed by atoms with Gasteiger partial charge in [-0.3, -0.25) is 5.41 Å². The summed E-state index contributed by atoms with van der Waals surface area (Å²) in [7, 11) is 1.95. The number of rotatable bonds is 1. The summed E-state index contributed by atoms with van der Waals surface area (Å²) in [5, 5.41) is 28.0. The molecule has 2 atom stereocenters. The van der Waals surface area contributed by atoms with Crippen molar-refractivity contribution in [2.24, 2.45) is 13.0 Å². The highest BCUT2D eigenvalue weighted by Gasteiger charge is 2.37. The van der Waals surface area contributed by atoms with Crippen molar-refractivity contribution < 1.29 is 4.74 Å². The Kier molecular flexibility index (Phi) is 3.30. The summed E-state index contributed by atoms with van der Waals surface area (Å²) in [6, 6.07) is 17.5. The summed E-state index contributed by atoms with van der Waals surface area (Å²) in [6.07, 6.45) is 1.94. The predicted molar refractivity (Wildman–Crippen MR) is 93.4 cm³/mol. The molecule has 5 heteroatoms. The fourth-order valence-corrected chi connectivity index (χ4v) is 3.51. The zero-order valence-corrected chi connectivity index (χ0v) is 13.5. The molecule has 0 aliphatic carbocycles. The number of hydrogen-bond donors (Lipinski definition) is 1. The van der Waals surface area contributed by atoms with Gasteiger partial charge in [0, 0.05) is 30.1 Å². The van der Waals surface area contributed by atoms with Gasteiger partial charge in [-0.2, -0.15) is 10.5 Å². The van der Waals surface area contributed by atoms with Crippen molar-refractivity contribution in [3.8, 4) is 17.9 Å². The van der Waals surface area contributed by atoms with Crippen molar-refractivity contribution in [3.05, 3.63) is 65.4 Å². The molecule has 2 unspecified atom stereocenters. The zero-order chi connectivity index (χ0) is 17.6. The number of nitriles is 2. The van der Waals surface area contributed by atoms with Gasteiger partial charge < -0.3 is 9.30 Å². The van der Waals surface area contributed by atoms with E-state index < -0.39 is 5.92 Å². The Hall–Kier alpha value is -3.57. The van der Waals surface area contributed by atoms with E-state index >= 15 is 0 Å². The summed E-state index contributed by atoms with van der Waals surface area (Å²) >= 11 is 0. The molecule has 2 heterocycles. The van der Waals surface area contributed by atoms with Gasteiger partial charge in [0.1, 0.15) is 11.7 Å². The van der Waals surface area contributed by atoms with E-state index in [1.165, 1.54) is 0 Å². The summed E-state index contributed by atoms with van der Waals surface area (Å²) < 4.78 is 7.74. The summed E-state index contributed by atoms with van der Waals surface area (Å²) in [5.74, 6) is -0.484. The number of nitrogens with zero attached hydrogens (tertiary/aromatic N) is 3. The first-order valence-corrected chi connectivity index (χ1v) is 7.88. The van der Waals surface area contributed by atoms with Crippen LogP contribution in [0.1, 0.15) is 22.6 Å². The molecule has 1 N–H and O–H groups in total. The Morgan fingerprint density at radius 1 is 1.16 bits per heavy atom.